The Labute approximate surface area is 101 Å². The molecule has 2 aromatic rings. The smallest absolute Gasteiger partial charge is 0.0899 e. The molecule has 0 aromatic heterocycles. The molecule has 0 aliphatic heterocycles. The predicted molar refractivity (Wildman–Crippen MR) is 69.6 cm³/mol. The van der Waals surface area contributed by atoms with Gasteiger partial charge >= 0.3 is 0 Å². The molecule has 0 radical (unpaired) electrons. The van der Waals surface area contributed by atoms with E-state index >= 15 is 0 Å². The van der Waals surface area contributed by atoms with Crippen LogP contribution in [0.2, 0.25) is 0 Å². The van der Waals surface area contributed by atoms with Crippen LogP contribution in [0.25, 0.3) is 6.08 Å². The molecule has 1 unspecified atom stereocenters. The van der Waals surface area contributed by atoms with Gasteiger partial charge in [-0.3, -0.25) is 0 Å². The number of hydrogen-bond donors (Lipinski definition) is 1. The maximum absolute atomic E-state index is 10.4. The summed E-state index contributed by atoms with van der Waals surface area (Å²) in [6, 6.07) is 18.2. The fourth-order valence-corrected chi connectivity index (χ4v) is 2.41. The van der Waals surface area contributed by atoms with E-state index in [0.29, 0.717) is 0 Å². The Balaban J connectivity index is 2.03. The molecular formula is C16H14O. The van der Waals surface area contributed by atoms with Crippen molar-refractivity contribution in [2.75, 3.05) is 0 Å². The maximum atomic E-state index is 10.4. The maximum Gasteiger partial charge on any atom is 0.0899 e. The molecule has 3 rings (SSSR count). The summed E-state index contributed by atoms with van der Waals surface area (Å²) < 4.78 is 0. The van der Waals surface area contributed by atoms with E-state index in [9.17, 15) is 5.11 Å². The van der Waals surface area contributed by atoms with E-state index in [0.717, 1.165) is 16.7 Å². The SMILES string of the molecule is OC1c2ccccc2C=C[C@@H]1c1ccccc1. The molecular weight excluding hydrogens is 208 g/mol. The van der Waals surface area contributed by atoms with Gasteiger partial charge in [-0.15, -0.1) is 0 Å². The van der Waals surface area contributed by atoms with E-state index in [4.69, 9.17) is 0 Å². The van der Waals surface area contributed by atoms with E-state index in [-0.39, 0.29) is 5.92 Å². The van der Waals surface area contributed by atoms with E-state index in [1.807, 2.05) is 42.5 Å². The Kier molecular flexibility index (Phi) is 2.54. The molecule has 0 fully saturated rings. The number of aliphatic hydroxyl groups is 1. The summed E-state index contributed by atoms with van der Waals surface area (Å²) in [6.07, 6.45) is 3.74. The van der Waals surface area contributed by atoms with Gasteiger partial charge in [0, 0.05) is 5.92 Å². The first-order chi connectivity index (χ1) is 8.36. The zero-order valence-corrected chi connectivity index (χ0v) is 9.45. The predicted octanol–water partition coefficient (Wildman–Crippen LogP) is 3.53. The molecule has 0 saturated heterocycles. The van der Waals surface area contributed by atoms with Crippen LogP contribution in [-0.2, 0) is 0 Å². The zero-order valence-electron chi connectivity index (χ0n) is 9.45. The van der Waals surface area contributed by atoms with Crippen LogP contribution in [0.4, 0.5) is 0 Å². The highest BCUT2D eigenvalue weighted by atomic mass is 16.3. The lowest BCUT2D eigenvalue weighted by molar-refractivity contribution is 0.160. The highest BCUT2D eigenvalue weighted by Crippen LogP contribution is 2.38. The first-order valence-corrected chi connectivity index (χ1v) is 5.86. The summed E-state index contributed by atoms with van der Waals surface area (Å²) in [5, 5.41) is 10.4. The molecule has 0 heterocycles. The van der Waals surface area contributed by atoms with Gasteiger partial charge in [0.15, 0.2) is 0 Å². The summed E-state index contributed by atoms with van der Waals surface area (Å²) in [6.45, 7) is 0. The van der Waals surface area contributed by atoms with Crippen LogP contribution >= 0.6 is 0 Å². The first-order valence-electron chi connectivity index (χ1n) is 5.86. The second-order valence-electron chi connectivity index (χ2n) is 4.37. The van der Waals surface area contributed by atoms with Gasteiger partial charge < -0.3 is 5.11 Å². The van der Waals surface area contributed by atoms with Crippen molar-refractivity contribution >= 4 is 6.08 Å². The van der Waals surface area contributed by atoms with Crippen LogP contribution in [0.3, 0.4) is 0 Å². The minimum absolute atomic E-state index is 0.0612. The molecule has 2 atom stereocenters. The topological polar surface area (TPSA) is 20.2 Å². The third-order valence-electron chi connectivity index (χ3n) is 3.32. The highest BCUT2D eigenvalue weighted by Gasteiger charge is 2.24. The van der Waals surface area contributed by atoms with Crippen molar-refractivity contribution in [2.45, 2.75) is 12.0 Å². The van der Waals surface area contributed by atoms with Crippen LogP contribution in [0.1, 0.15) is 28.7 Å². The number of fused-ring (bicyclic) bond motifs is 1. The minimum atomic E-state index is -0.446. The van der Waals surface area contributed by atoms with Crippen LogP contribution < -0.4 is 0 Å². The average Bonchev–Trinajstić information content (AvgIpc) is 2.40. The number of hydrogen-bond acceptors (Lipinski definition) is 1. The molecule has 1 heteroatoms. The number of aliphatic hydroxyl groups excluding tert-OH is 1. The van der Waals surface area contributed by atoms with E-state index in [1.54, 1.807) is 0 Å². The Morgan fingerprint density at radius 2 is 1.53 bits per heavy atom. The summed E-state index contributed by atoms with van der Waals surface area (Å²) in [4.78, 5) is 0. The lowest BCUT2D eigenvalue weighted by atomic mass is 9.83. The fraction of sp³-hybridized carbons (Fsp3) is 0.125. The van der Waals surface area contributed by atoms with Gasteiger partial charge in [0.25, 0.3) is 0 Å². The lowest BCUT2D eigenvalue weighted by Crippen LogP contribution is -2.13. The van der Waals surface area contributed by atoms with E-state index in [2.05, 4.69) is 24.3 Å². The quantitative estimate of drug-likeness (QED) is 0.782. The van der Waals surface area contributed by atoms with E-state index < -0.39 is 6.10 Å². The van der Waals surface area contributed by atoms with Crippen LogP contribution in [0, 0.1) is 0 Å². The third kappa shape index (κ3) is 1.79. The van der Waals surface area contributed by atoms with Gasteiger partial charge in [-0.1, -0.05) is 66.7 Å². The van der Waals surface area contributed by atoms with Gasteiger partial charge in [0.2, 0.25) is 0 Å². The zero-order chi connectivity index (χ0) is 11.7. The highest BCUT2D eigenvalue weighted by molar-refractivity contribution is 5.59. The van der Waals surface area contributed by atoms with Crippen molar-refractivity contribution in [1.29, 1.82) is 0 Å². The van der Waals surface area contributed by atoms with Crippen molar-refractivity contribution in [1.82, 2.24) is 0 Å². The molecule has 0 spiro atoms. The average molecular weight is 222 g/mol. The van der Waals surface area contributed by atoms with Crippen molar-refractivity contribution in [2.24, 2.45) is 0 Å². The van der Waals surface area contributed by atoms with Gasteiger partial charge in [-0.05, 0) is 16.7 Å². The van der Waals surface area contributed by atoms with Gasteiger partial charge in [-0.2, -0.15) is 0 Å². The summed E-state index contributed by atoms with van der Waals surface area (Å²) in [7, 11) is 0. The second kappa shape index (κ2) is 4.19. The van der Waals surface area contributed by atoms with Crippen molar-refractivity contribution in [3.63, 3.8) is 0 Å². The minimum Gasteiger partial charge on any atom is -0.387 e. The normalized spacial score (nSPS) is 22.2. The van der Waals surface area contributed by atoms with E-state index in [1.165, 1.54) is 0 Å². The van der Waals surface area contributed by atoms with Crippen LogP contribution in [0.15, 0.2) is 60.7 Å². The second-order valence-corrected chi connectivity index (χ2v) is 4.37. The fourth-order valence-electron chi connectivity index (χ4n) is 2.41. The first kappa shape index (κ1) is 10.3. The standard InChI is InChI=1S/C16H14O/c17-16-14-9-5-4-8-13(14)10-11-15(16)12-6-2-1-3-7-12/h1-11,15-17H/t15-,16?/m1/s1. The largest absolute Gasteiger partial charge is 0.387 e. The third-order valence-corrected chi connectivity index (χ3v) is 3.32. The molecule has 0 saturated carbocycles. The summed E-state index contributed by atoms with van der Waals surface area (Å²) >= 11 is 0. The molecule has 17 heavy (non-hydrogen) atoms. The Hall–Kier alpha value is -1.86. The Morgan fingerprint density at radius 3 is 2.35 bits per heavy atom. The number of rotatable bonds is 1. The van der Waals surface area contributed by atoms with Crippen molar-refractivity contribution in [3.05, 3.63) is 77.4 Å². The van der Waals surface area contributed by atoms with Crippen molar-refractivity contribution < 1.29 is 5.11 Å². The molecule has 0 amide bonds. The Morgan fingerprint density at radius 1 is 0.824 bits per heavy atom. The molecule has 1 aliphatic carbocycles. The molecule has 2 aromatic carbocycles. The molecule has 1 N–H and O–H groups in total. The van der Waals surface area contributed by atoms with Crippen molar-refractivity contribution in [3.8, 4) is 0 Å². The molecule has 84 valence electrons. The monoisotopic (exact) mass is 222 g/mol. The molecule has 1 nitrogen and oxygen atoms in total. The van der Waals surface area contributed by atoms with Crippen LogP contribution in [0.5, 0.6) is 0 Å². The van der Waals surface area contributed by atoms with Gasteiger partial charge in [-0.25, -0.2) is 0 Å². The Bertz CT molecular complexity index is 542. The molecule has 0 bridgehead atoms. The van der Waals surface area contributed by atoms with Gasteiger partial charge in [0.1, 0.15) is 0 Å². The summed E-state index contributed by atoms with van der Waals surface area (Å²) in [5.74, 6) is 0.0612. The van der Waals surface area contributed by atoms with Gasteiger partial charge in [0.05, 0.1) is 6.10 Å². The summed E-state index contributed by atoms with van der Waals surface area (Å²) in [5.41, 5.74) is 3.29. The number of benzene rings is 2. The van der Waals surface area contributed by atoms with Crippen LogP contribution in [-0.4, -0.2) is 5.11 Å². The molecule has 1 aliphatic rings. The lowest BCUT2D eigenvalue weighted by Gasteiger charge is -2.26.